The number of aryl methyl sites for hydroxylation is 1. The zero-order chi connectivity index (χ0) is 19.4. The molecule has 142 valence electrons. The first kappa shape index (κ1) is 19.1. The molecule has 8 heteroatoms. The molecule has 1 fully saturated rings. The number of nitrogens with one attached hydrogen (secondary N) is 1. The van der Waals surface area contributed by atoms with Crippen LogP contribution in [0.1, 0.15) is 5.56 Å². The van der Waals surface area contributed by atoms with Crippen molar-refractivity contribution in [2.75, 3.05) is 42.9 Å². The summed E-state index contributed by atoms with van der Waals surface area (Å²) in [5, 5.41) is 14.0. The van der Waals surface area contributed by atoms with Gasteiger partial charge < -0.3 is 10.2 Å². The van der Waals surface area contributed by atoms with Gasteiger partial charge in [0.1, 0.15) is 5.69 Å². The molecule has 3 rings (SSSR count). The molecule has 7 nitrogen and oxygen atoms in total. The lowest BCUT2D eigenvalue weighted by atomic mass is 10.1. The van der Waals surface area contributed by atoms with Gasteiger partial charge in [-0.15, -0.1) is 0 Å². The number of hydrogen-bond donors (Lipinski definition) is 1. The maximum atomic E-state index is 12.3. The van der Waals surface area contributed by atoms with Crippen LogP contribution in [0.2, 0.25) is 5.02 Å². The van der Waals surface area contributed by atoms with E-state index < -0.39 is 4.92 Å². The van der Waals surface area contributed by atoms with Gasteiger partial charge >= 0.3 is 0 Å². The van der Waals surface area contributed by atoms with Crippen molar-refractivity contribution in [3.63, 3.8) is 0 Å². The van der Waals surface area contributed by atoms with Gasteiger partial charge in [0.2, 0.25) is 5.91 Å². The fraction of sp³-hybridized carbons (Fsp3) is 0.316. The zero-order valence-electron chi connectivity index (χ0n) is 15.0. The van der Waals surface area contributed by atoms with Crippen LogP contribution in [0, 0.1) is 17.0 Å². The van der Waals surface area contributed by atoms with Crippen LogP contribution in [0.15, 0.2) is 42.5 Å². The van der Waals surface area contributed by atoms with Gasteiger partial charge in [0.25, 0.3) is 5.69 Å². The molecule has 2 aromatic carbocycles. The van der Waals surface area contributed by atoms with E-state index in [1.165, 1.54) is 29.4 Å². The molecule has 0 aromatic heterocycles. The maximum absolute atomic E-state index is 12.3. The molecule has 1 aliphatic heterocycles. The van der Waals surface area contributed by atoms with E-state index in [9.17, 15) is 14.9 Å². The van der Waals surface area contributed by atoms with E-state index in [1.807, 2.05) is 17.0 Å². The first-order chi connectivity index (χ1) is 12.9. The molecule has 1 saturated heterocycles. The van der Waals surface area contributed by atoms with E-state index in [-0.39, 0.29) is 23.8 Å². The molecule has 1 aliphatic rings. The summed E-state index contributed by atoms with van der Waals surface area (Å²) >= 11 is 5.89. The first-order valence-electron chi connectivity index (χ1n) is 8.71. The molecule has 27 heavy (non-hydrogen) atoms. The predicted molar refractivity (Wildman–Crippen MR) is 107 cm³/mol. The summed E-state index contributed by atoms with van der Waals surface area (Å²) in [7, 11) is 0. The summed E-state index contributed by atoms with van der Waals surface area (Å²) in [5.74, 6) is -0.287. The number of hydrogen-bond acceptors (Lipinski definition) is 5. The largest absolute Gasteiger partial charge is 0.369 e. The number of rotatable bonds is 5. The van der Waals surface area contributed by atoms with Crippen LogP contribution in [0.5, 0.6) is 0 Å². The van der Waals surface area contributed by atoms with Crippen LogP contribution in [0.25, 0.3) is 0 Å². The average molecular weight is 389 g/mol. The minimum atomic E-state index is -0.535. The Balaban J connectivity index is 1.57. The number of nitro groups is 1. The molecule has 1 heterocycles. The van der Waals surface area contributed by atoms with Gasteiger partial charge in [-0.1, -0.05) is 29.8 Å². The highest BCUT2D eigenvalue weighted by Gasteiger charge is 2.22. The van der Waals surface area contributed by atoms with Crippen molar-refractivity contribution in [2.24, 2.45) is 0 Å². The zero-order valence-corrected chi connectivity index (χ0v) is 15.8. The number of nitro benzene ring substituents is 1. The van der Waals surface area contributed by atoms with Crippen LogP contribution < -0.4 is 10.2 Å². The Hall–Kier alpha value is -2.64. The van der Waals surface area contributed by atoms with E-state index in [0.717, 1.165) is 26.2 Å². The SMILES string of the molecule is Cc1ccccc1N1CCN(CC(=O)Nc2cc(Cl)ccc2[N+](=O)[O-])CC1. The quantitative estimate of drug-likeness (QED) is 0.628. The van der Waals surface area contributed by atoms with Crippen LogP contribution in [0.3, 0.4) is 0 Å². The summed E-state index contributed by atoms with van der Waals surface area (Å²) in [6, 6.07) is 12.4. The van der Waals surface area contributed by atoms with Gasteiger partial charge in [0.15, 0.2) is 0 Å². The van der Waals surface area contributed by atoms with Gasteiger partial charge in [0, 0.05) is 43.0 Å². The smallest absolute Gasteiger partial charge is 0.292 e. The number of para-hydroxylation sites is 1. The Labute approximate surface area is 162 Å². The Morgan fingerprint density at radius 3 is 2.56 bits per heavy atom. The van der Waals surface area contributed by atoms with Gasteiger partial charge in [-0.2, -0.15) is 0 Å². The van der Waals surface area contributed by atoms with Crippen molar-refractivity contribution in [1.29, 1.82) is 0 Å². The molecule has 0 atom stereocenters. The highest BCUT2D eigenvalue weighted by Crippen LogP contribution is 2.27. The molecule has 0 unspecified atom stereocenters. The monoisotopic (exact) mass is 388 g/mol. The third-order valence-corrected chi connectivity index (χ3v) is 4.86. The average Bonchev–Trinajstić information content (AvgIpc) is 2.62. The Kier molecular flexibility index (Phi) is 5.93. The normalized spacial score (nSPS) is 14.8. The fourth-order valence-electron chi connectivity index (χ4n) is 3.23. The molecule has 1 amide bonds. The predicted octanol–water partition coefficient (Wildman–Crippen LogP) is 3.32. The highest BCUT2D eigenvalue weighted by atomic mass is 35.5. The number of nitrogens with zero attached hydrogens (tertiary/aromatic N) is 3. The minimum Gasteiger partial charge on any atom is -0.369 e. The van der Waals surface area contributed by atoms with Crippen LogP contribution >= 0.6 is 11.6 Å². The molecule has 2 aromatic rings. The van der Waals surface area contributed by atoms with E-state index in [0.29, 0.717) is 5.02 Å². The molecule has 0 radical (unpaired) electrons. The first-order valence-corrected chi connectivity index (χ1v) is 9.08. The number of carbonyl (C=O) groups excluding carboxylic acids is 1. The Bertz CT molecular complexity index is 851. The van der Waals surface area contributed by atoms with E-state index in [2.05, 4.69) is 29.3 Å². The number of piperazine rings is 1. The van der Waals surface area contributed by atoms with Gasteiger partial charge in [-0.05, 0) is 30.7 Å². The number of anilines is 2. The van der Waals surface area contributed by atoms with Crippen molar-refractivity contribution >= 4 is 34.6 Å². The minimum absolute atomic E-state index is 0.121. The third-order valence-electron chi connectivity index (χ3n) is 4.63. The second-order valence-electron chi connectivity index (χ2n) is 6.52. The Morgan fingerprint density at radius 1 is 1.19 bits per heavy atom. The second-order valence-corrected chi connectivity index (χ2v) is 6.95. The van der Waals surface area contributed by atoms with Crippen molar-refractivity contribution in [3.05, 3.63) is 63.2 Å². The van der Waals surface area contributed by atoms with Crippen molar-refractivity contribution in [3.8, 4) is 0 Å². The van der Waals surface area contributed by atoms with Crippen LogP contribution in [-0.2, 0) is 4.79 Å². The number of benzene rings is 2. The fourth-order valence-corrected chi connectivity index (χ4v) is 3.40. The molecule has 0 aliphatic carbocycles. The lowest BCUT2D eigenvalue weighted by molar-refractivity contribution is -0.383. The van der Waals surface area contributed by atoms with E-state index in [4.69, 9.17) is 11.6 Å². The maximum Gasteiger partial charge on any atom is 0.292 e. The Morgan fingerprint density at radius 2 is 1.89 bits per heavy atom. The van der Waals surface area contributed by atoms with Crippen molar-refractivity contribution in [1.82, 2.24) is 4.90 Å². The van der Waals surface area contributed by atoms with E-state index >= 15 is 0 Å². The summed E-state index contributed by atoms with van der Waals surface area (Å²) in [4.78, 5) is 27.3. The summed E-state index contributed by atoms with van der Waals surface area (Å²) in [6.07, 6.45) is 0. The summed E-state index contributed by atoms with van der Waals surface area (Å²) in [5.41, 5.74) is 2.40. The molecule has 1 N–H and O–H groups in total. The lowest BCUT2D eigenvalue weighted by Crippen LogP contribution is -2.48. The summed E-state index contributed by atoms with van der Waals surface area (Å²) in [6.45, 7) is 5.43. The van der Waals surface area contributed by atoms with Crippen LogP contribution in [-0.4, -0.2) is 48.5 Å². The second kappa shape index (κ2) is 8.37. The van der Waals surface area contributed by atoms with Gasteiger partial charge in [0.05, 0.1) is 11.5 Å². The lowest BCUT2D eigenvalue weighted by Gasteiger charge is -2.36. The van der Waals surface area contributed by atoms with Gasteiger partial charge in [-0.3, -0.25) is 19.8 Å². The highest BCUT2D eigenvalue weighted by molar-refractivity contribution is 6.31. The third kappa shape index (κ3) is 4.75. The number of carbonyl (C=O) groups is 1. The molecule has 0 spiro atoms. The van der Waals surface area contributed by atoms with Crippen LogP contribution in [0.4, 0.5) is 17.1 Å². The summed E-state index contributed by atoms with van der Waals surface area (Å²) < 4.78 is 0. The number of amides is 1. The molecule has 0 bridgehead atoms. The van der Waals surface area contributed by atoms with Crippen molar-refractivity contribution < 1.29 is 9.72 Å². The molecular formula is C19H21ClN4O3. The topological polar surface area (TPSA) is 78.7 Å². The molecule has 0 saturated carbocycles. The van der Waals surface area contributed by atoms with E-state index in [1.54, 1.807) is 0 Å². The van der Waals surface area contributed by atoms with Crippen molar-refractivity contribution in [2.45, 2.75) is 6.92 Å². The molecular weight excluding hydrogens is 368 g/mol. The standard InChI is InChI=1S/C19H21ClN4O3/c1-14-4-2-3-5-17(14)23-10-8-22(9-11-23)13-19(25)21-16-12-15(20)6-7-18(16)24(26)27/h2-7,12H,8-11,13H2,1H3,(H,21,25). The van der Waals surface area contributed by atoms with Gasteiger partial charge in [-0.25, -0.2) is 0 Å². The number of halogens is 1.